The molecule has 0 bridgehead atoms. The molecule has 0 unspecified atom stereocenters. The van der Waals surface area contributed by atoms with Gasteiger partial charge in [0, 0.05) is 63.6 Å². The predicted molar refractivity (Wildman–Crippen MR) is 156 cm³/mol. The van der Waals surface area contributed by atoms with E-state index in [-0.39, 0.29) is 0 Å². The second kappa shape index (κ2) is 12.5. The molecule has 0 atom stereocenters. The van der Waals surface area contributed by atoms with Gasteiger partial charge in [0.25, 0.3) is 11.0 Å². The molecule has 0 aliphatic carbocycles. The van der Waals surface area contributed by atoms with Crippen LogP contribution < -0.4 is 9.13 Å². The van der Waals surface area contributed by atoms with E-state index in [1.165, 1.54) is 49.6 Å². The Morgan fingerprint density at radius 1 is 0.564 bits per heavy atom. The second-order valence-corrected chi connectivity index (χ2v) is 11.0. The van der Waals surface area contributed by atoms with Crippen LogP contribution in [0.4, 0.5) is 0 Å². The van der Waals surface area contributed by atoms with Gasteiger partial charge < -0.3 is 18.6 Å². The normalized spacial score (nSPS) is 16.9. The maximum atomic E-state index is 6.27. The highest BCUT2D eigenvalue weighted by Gasteiger charge is 2.22. The Morgan fingerprint density at radius 2 is 1.00 bits per heavy atom. The molecular formula is C33H42N4O2+2. The first-order chi connectivity index (χ1) is 19.3. The molecule has 2 saturated heterocycles. The van der Waals surface area contributed by atoms with Crippen molar-refractivity contribution in [3.05, 3.63) is 72.7 Å². The minimum absolute atomic E-state index is 0.946. The highest BCUT2D eigenvalue weighted by molar-refractivity contribution is 5.70. The average molecular weight is 527 g/mol. The van der Waals surface area contributed by atoms with Gasteiger partial charge in [0.15, 0.2) is 13.1 Å². The molecule has 6 heteroatoms. The number of likely N-dealkylation sites (tertiary alicyclic amines) is 2. The van der Waals surface area contributed by atoms with E-state index >= 15 is 0 Å². The molecule has 39 heavy (non-hydrogen) atoms. The van der Waals surface area contributed by atoms with Crippen LogP contribution in [0.25, 0.3) is 34.4 Å². The first-order valence-corrected chi connectivity index (χ1v) is 15.0. The van der Waals surface area contributed by atoms with Crippen molar-refractivity contribution in [3.8, 4) is 0 Å². The van der Waals surface area contributed by atoms with Crippen molar-refractivity contribution in [2.75, 3.05) is 26.2 Å². The maximum Gasteiger partial charge on any atom is 0.375 e. The topological polar surface area (TPSA) is 40.5 Å². The SMILES string of the molecule is C(=CN1CCCCC1)c1oc2ccccc2[n+]1CCCCC[n+]1c(C=CN2CCCCC2)oc2ccccc21. The van der Waals surface area contributed by atoms with Crippen LogP contribution in [-0.4, -0.2) is 36.0 Å². The summed E-state index contributed by atoms with van der Waals surface area (Å²) in [5, 5.41) is 0. The fourth-order valence-electron chi connectivity index (χ4n) is 6.00. The zero-order chi connectivity index (χ0) is 26.3. The zero-order valence-corrected chi connectivity index (χ0v) is 23.1. The van der Waals surface area contributed by atoms with Crippen LogP contribution in [0, 0.1) is 0 Å². The molecule has 2 fully saturated rings. The molecule has 2 aliphatic rings. The number of fused-ring (bicyclic) bond motifs is 2. The Morgan fingerprint density at radius 3 is 1.46 bits per heavy atom. The molecule has 6 rings (SSSR count). The maximum absolute atomic E-state index is 6.27. The van der Waals surface area contributed by atoms with Crippen molar-refractivity contribution in [1.82, 2.24) is 9.80 Å². The number of unbranched alkanes of at least 4 members (excludes halogenated alkanes) is 2. The molecule has 0 N–H and O–H groups in total. The molecule has 6 nitrogen and oxygen atoms in total. The van der Waals surface area contributed by atoms with Crippen molar-refractivity contribution in [2.45, 2.75) is 70.9 Å². The van der Waals surface area contributed by atoms with E-state index in [2.05, 4.69) is 92.0 Å². The van der Waals surface area contributed by atoms with Gasteiger partial charge in [0.1, 0.15) is 0 Å². The number of nitrogens with zero attached hydrogens (tertiary/aromatic N) is 4. The lowest BCUT2D eigenvalue weighted by atomic mass is 10.1. The molecule has 4 heterocycles. The molecule has 0 amide bonds. The van der Waals surface area contributed by atoms with E-state index in [9.17, 15) is 0 Å². The van der Waals surface area contributed by atoms with Crippen LogP contribution >= 0.6 is 0 Å². The van der Waals surface area contributed by atoms with Gasteiger partial charge in [-0.05, 0) is 57.1 Å². The second-order valence-electron chi connectivity index (χ2n) is 11.0. The summed E-state index contributed by atoms with van der Waals surface area (Å²) < 4.78 is 17.2. The number of piperidine rings is 2. The lowest BCUT2D eigenvalue weighted by Gasteiger charge is -2.24. The molecule has 0 saturated carbocycles. The summed E-state index contributed by atoms with van der Waals surface area (Å²) in [6, 6.07) is 16.8. The van der Waals surface area contributed by atoms with Crippen LogP contribution in [0.3, 0.4) is 0 Å². The summed E-state index contributed by atoms with van der Waals surface area (Å²) in [6.45, 7) is 6.49. The van der Waals surface area contributed by atoms with Gasteiger partial charge in [-0.1, -0.05) is 24.3 Å². The summed E-state index contributed by atoms with van der Waals surface area (Å²) in [5.74, 6) is 1.89. The summed E-state index contributed by atoms with van der Waals surface area (Å²) in [4.78, 5) is 4.84. The fourth-order valence-corrected chi connectivity index (χ4v) is 6.00. The molecule has 2 aromatic heterocycles. The first-order valence-electron chi connectivity index (χ1n) is 15.0. The van der Waals surface area contributed by atoms with E-state index in [1.807, 2.05) is 0 Å². The average Bonchev–Trinajstić information content (AvgIpc) is 3.53. The molecule has 4 aromatic rings. The van der Waals surface area contributed by atoms with E-state index in [0.29, 0.717) is 0 Å². The third kappa shape index (κ3) is 6.21. The van der Waals surface area contributed by atoms with Crippen LogP contribution in [0.15, 0.2) is 69.8 Å². The molecule has 0 spiro atoms. The Balaban J connectivity index is 1.11. The predicted octanol–water partition coefficient (Wildman–Crippen LogP) is 6.54. The van der Waals surface area contributed by atoms with E-state index in [4.69, 9.17) is 8.83 Å². The summed E-state index contributed by atoms with van der Waals surface area (Å²) in [7, 11) is 0. The fraction of sp³-hybridized carbons (Fsp3) is 0.455. The van der Waals surface area contributed by atoms with Gasteiger partial charge in [-0.25, -0.2) is 0 Å². The molecule has 0 radical (unpaired) electrons. The van der Waals surface area contributed by atoms with E-state index in [1.54, 1.807) is 0 Å². The third-order valence-electron chi connectivity index (χ3n) is 8.17. The minimum atomic E-state index is 0.946. The Bertz CT molecular complexity index is 1310. The zero-order valence-electron chi connectivity index (χ0n) is 23.1. The van der Waals surface area contributed by atoms with Crippen LogP contribution in [0.1, 0.15) is 69.6 Å². The molecular weight excluding hydrogens is 484 g/mol. The minimum Gasteiger partial charge on any atom is -0.398 e. The lowest BCUT2D eigenvalue weighted by molar-refractivity contribution is -0.682. The summed E-state index contributed by atoms with van der Waals surface area (Å²) in [5.41, 5.74) is 4.27. The highest BCUT2D eigenvalue weighted by Crippen LogP contribution is 2.18. The van der Waals surface area contributed by atoms with Gasteiger partial charge in [-0.3, -0.25) is 0 Å². The molecule has 2 aliphatic heterocycles. The number of hydrogen-bond donors (Lipinski definition) is 0. The number of para-hydroxylation sites is 4. The number of hydrogen-bond acceptors (Lipinski definition) is 4. The summed E-state index contributed by atoms with van der Waals surface area (Å²) in [6.07, 6.45) is 20.0. The Labute approximate surface area is 231 Å². The van der Waals surface area contributed by atoms with Crippen molar-refractivity contribution < 1.29 is 18.0 Å². The smallest absolute Gasteiger partial charge is 0.375 e. The number of benzene rings is 2. The number of rotatable bonds is 10. The number of aromatic nitrogens is 2. The van der Waals surface area contributed by atoms with Crippen molar-refractivity contribution in [3.63, 3.8) is 0 Å². The van der Waals surface area contributed by atoms with Gasteiger partial charge in [-0.2, -0.15) is 9.13 Å². The van der Waals surface area contributed by atoms with Crippen molar-refractivity contribution >= 4 is 34.4 Å². The lowest BCUT2D eigenvalue weighted by Crippen LogP contribution is -2.37. The number of aryl methyl sites for hydroxylation is 2. The number of oxazole rings is 2. The summed E-state index contributed by atoms with van der Waals surface area (Å²) >= 11 is 0. The van der Waals surface area contributed by atoms with Gasteiger partial charge in [0.05, 0.1) is 12.2 Å². The van der Waals surface area contributed by atoms with E-state index < -0.39 is 0 Å². The van der Waals surface area contributed by atoms with E-state index in [0.717, 1.165) is 81.5 Å². The van der Waals surface area contributed by atoms with Gasteiger partial charge in [0.2, 0.25) is 11.2 Å². The quantitative estimate of drug-likeness (QED) is 0.174. The van der Waals surface area contributed by atoms with Crippen LogP contribution in [-0.2, 0) is 13.1 Å². The Hall–Kier alpha value is -3.54. The molecule has 204 valence electrons. The van der Waals surface area contributed by atoms with Gasteiger partial charge in [-0.15, -0.1) is 0 Å². The van der Waals surface area contributed by atoms with Gasteiger partial charge >= 0.3 is 11.8 Å². The van der Waals surface area contributed by atoms with Crippen molar-refractivity contribution in [2.24, 2.45) is 0 Å². The van der Waals surface area contributed by atoms with Crippen LogP contribution in [0.2, 0.25) is 0 Å². The monoisotopic (exact) mass is 526 g/mol. The Kier molecular flexibility index (Phi) is 8.27. The third-order valence-corrected chi connectivity index (χ3v) is 8.17. The molecule has 2 aromatic carbocycles. The highest BCUT2D eigenvalue weighted by atomic mass is 16.4. The van der Waals surface area contributed by atoms with Crippen LogP contribution in [0.5, 0.6) is 0 Å². The largest absolute Gasteiger partial charge is 0.398 e. The standard InChI is InChI=1S/C33H42N4O2/c1-8-20-34(21-9-1)26-18-32-36(28-14-4-6-16-30(28)38-32)24-12-3-13-25-37-29-15-5-7-17-31(29)39-33(37)19-27-35-22-10-2-11-23-35/h4-7,14-19,26-27H,1-3,8-13,20-25H2/q+2. The first kappa shape index (κ1) is 25.7. The van der Waals surface area contributed by atoms with Crippen molar-refractivity contribution in [1.29, 1.82) is 0 Å².